The minimum atomic E-state index is -0.209. The fraction of sp³-hybridized carbons (Fsp3) is 0.0476. The molecule has 3 aromatic rings. The summed E-state index contributed by atoms with van der Waals surface area (Å²) in [4.78, 5) is 24.5. The summed E-state index contributed by atoms with van der Waals surface area (Å²) in [6.45, 7) is 0. The lowest BCUT2D eigenvalue weighted by Crippen LogP contribution is -2.15. The van der Waals surface area contributed by atoms with Gasteiger partial charge in [0.1, 0.15) is 0 Å². The number of hydrogen-bond acceptors (Lipinski definition) is 2. The summed E-state index contributed by atoms with van der Waals surface area (Å²) >= 11 is 3.35. The van der Waals surface area contributed by atoms with Gasteiger partial charge in [0.05, 0.1) is 6.42 Å². The van der Waals surface area contributed by atoms with Gasteiger partial charge in [-0.1, -0.05) is 58.4 Å². The quantitative estimate of drug-likeness (QED) is 0.631. The lowest BCUT2D eigenvalue weighted by molar-refractivity contribution is -0.115. The molecule has 0 saturated carbocycles. The van der Waals surface area contributed by atoms with Crippen molar-refractivity contribution in [2.24, 2.45) is 0 Å². The Morgan fingerprint density at radius 2 is 1.46 bits per heavy atom. The third-order valence-electron chi connectivity index (χ3n) is 3.70. The molecule has 0 radical (unpaired) electrons. The van der Waals surface area contributed by atoms with E-state index in [-0.39, 0.29) is 11.8 Å². The number of hydrogen-bond donors (Lipinski definition) is 2. The van der Waals surface area contributed by atoms with Gasteiger partial charge in [0.25, 0.3) is 5.91 Å². The molecule has 0 aliphatic rings. The van der Waals surface area contributed by atoms with E-state index in [0.717, 1.165) is 10.0 Å². The monoisotopic (exact) mass is 408 g/mol. The number of anilines is 2. The van der Waals surface area contributed by atoms with Crippen LogP contribution in [0, 0.1) is 0 Å². The van der Waals surface area contributed by atoms with Crippen molar-refractivity contribution in [2.45, 2.75) is 6.42 Å². The van der Waals surface area contributed by atoms with Crippen molar-refractivity contribution in [2.75, 3.05) is 10.6 Å². The predicted molar refractivity (Wildman–Crippen MR) is 107 cm³/mol. The lowest BCUT2D eigenvalue weighted by atomic mass is 10.1. The molecule has 0 unspecified atom stereocenters. The number of amides is 2. The molecule has 2 amide bonds. The van der Waals surface area contributed by atoms with E-state index in [1.807, 2.05) is 36.4 Å². The molecule has 2 N–H and O–H groups in total. The van der Waals surface area contributed by atoms with E-state index in [1.54, 1.807) is 42.5 Å². The van der Waals surface area contributed by atoms with Crippen LogP contribution in [-0.4, -0.2) is 11.8 Å². The minimum Gasteiger partial charge on any atom is -0.326 e. The Kier molecular flexibility index (Phi) is 5.81. The molecule has 3 aromatic carbocycles. The summed E-state index contributed by atoms with van der Waals surface area (Å²) < 4.78 is 0.840. The van der Waals surface area contributed by atoms with Crippen LogP contribution in [0.2, 0.25) is 0 Å². The molecule has 26 heavy (non-hydrogen) atoms. The molecular weight excluding hydrogens is 392 g/mol. The van der Waals surface area contributed by atoms with Crippen molar-refractivity contribution in [3.05, 3.63) is 94.5 Å². The smallest absolute Gasteiger partial charge is 0.255 e. The van der Waals surface area contributed by atoms with Gasteiger partial charge in [0.15, 0.2) is 0 Å². The van der Waals surface area contributed by atoms with Crippen molar-refractivity contribution < 1.29 is 9.59 Å². The van der Waals surface area contributed by atoms with E-state index in [9.17, 15) is 9.59 Å². The zero-order chi connectivity index (χ0) is 18.4. The standard InChI is InChI=1S/C21H17BrN2O2/c22-17-9-4-8-16(13-17)21(26)24-19-11-5-10-18(14-19)23-20(25)12-15-6-2-1-3-7-15/h1-11,13-14H,12H2,(H,23,25)(H,24,26). The Morgan fingerprint density at radius 1 is 0.769 bits per heavy atom. The highest BCUT2D eigenvalue weighted by atomic mass is 79.9. The van der Waals surface area contributed by atoms with Crippen molar-refractivity contribution in [1.82, 2.24) is 0 Å². The topological polar surface area (TPSA) is 58.2 Å². The van der Waals surface area contributed by atoms with E-state index in [0.29, 0.717) is 23.4 Å². The average molecular weight is 409 g/mol. The van der Waals surface area contributed by atoms with E-state index < -0.39 is 0 Å². The molecule has 0 aliphatic heterocycles. The SMILES string of the molecule is O=C(Cc1ccccc1)Nc1cccc(NC(=O)c2cccc(Br)c2)c1. The predicted octanol–water partition coefficient (Wildman–Crippen LogP) is 4.88. The average Bonchev–Trinajstić information content (AvgIpc) is 2.62. The van der Waals surface area contributed by atoms with Gasteiger partial charge in [-0.25, -0.2) is 0 Å². The molecule has 0 saturated heterocycles. The van der Waals surface area contributed by atoms with Crippen LogP contribution in [0.4, 0.5) is 11.4 Å². The molecule has 4 nitrogen and oxygen atoms in total. The van der Waals surface area contributed by atoms with Crippen molar-refractivity contribution >= 4 is 39.1 Å². The zero-order valence-corrected chi connectivity index (χ0v) is 15.5. The first-order valence-corrected chi connectivity index (χ1v) is 8.90. The van der Waals surface area contributed by atoms with E-state index in [2.05, 4.69) is 26.6 Å². The second kappa shape index (κ2) is 8.45. The fourth-order valence-corrected chi connectivity index (χ4v) is 2.89. The van der Waals surface area contributed by atoms with Crippen LogP contribution >= 0.6 is 15.9 Å². The number of benzene rings is 3. The summed E-state index contributed by atoms with van der Waals surface area (Å²) in [5.74, 6) is -0.314. The highest BCUT2D eigenvalue weighted by Gasteiger charge is 2.08. The molecule has 0 bridgehead atoms. The number of carbonyl (C=O) groups is 2. The van der Waals surface area contributed by atoms with Crippen LogP contribution in [-0.2, 0) is 11.2 Å². The van der Waals surface area contributed by atoms with Gasteiger partial charge in [0, 0.05) is 21.4 Å². The Morgan fingerprint density at radius 3 is 2.19 bits per heavy atom. The van der Waals surface area contributed by atoms with Crippen molar-refractivity contribution in [3.63, 3.8) is 0 Å². The summed E-state index contributed by atoms with van der Waals surface area (Å²) in [5.41, 5.74) is 2.76. The molecule has 0 aliphatic carbocycles. The van der Waals surface area contributed by atoms with Gasteiger partial charge in [-0.2, -0.15) is 0 Å². The Bertz CT molecular complexity index is 926. The normalized spacial score (nSPS) is 10.2. The Labute approximate surface area is 160 Å². The van der Waals surface area contributed by atoms with Crippen LogP contribution in [0.25, 0.3) is 0 Å². The first-order chi connectivity index (χ1) is 12.6. The number of halogens is 1. The lowest BCUT2D eigenvalue weighted by Gasteiger charge is -2.09. The van der Waals surface area contributed by atoms with E-state index >= 15 is 0 Å². The summed E-state index contributed by atoms with van der Waals surface area (Å²) in [7, 11) is 0. The van der Waals surface area contributed by atoms with Crippen LogP contribution in [0.1, 0.15) is 15.9 Å². The van der Waals surface area contributed by atoms with Gasteiger partial charge >= 0.3 is 0 Å². The van der Waals surface area contributed by atoms with Gasteiger partial charge in [-0.15, -0.1) is 0 Å². The molecule has 5 heteroatoms. The largest absolute Gasteiger partial charge is 0.326 e. The molecule has 0 spiro atoms. The maximum absolute atomic E-state index is 12.3. The van der Waals surface area contributed by atoms with Crippen molar-refractivity contribution in [1.29, 1.82) is 0 Å². The Balaban J connectivity index is 1.64. The van der Waals surface area contributed by atoms with Crippen molar-refractivity contribution in [3.8, 4) is 0 Å². The third-order valence-corrected chi connectivity index (χ3v) is 4.19. The van der Waals surface area contributed by atoms with E-state index in [1.165, 1.54) is 0 Å². The Hall–Kier alpha value is -2.92. The maximum atomic E-state index is 12.3. The first-order valence-electron chi connectivity index (χ1n) is 8.11. The molecule has 0 fully saturated rings. The zero-order valence-electron chi connectivity index (χ0n) is 13.9. The molecule has 0 heterocycles. The summed E-state index contributed by atoms with van der Waals surface area (Å²) in [6.07, 6.45) is 0.301. The second-order valence-electron chi connectivity index (χ2n) is 5.76. The molecule has 0 aromatic heterocycles. The maximum Gasteiger partial charge on any atom is 0.255 e. The third kappa shape index (κ3) is 5.04. The van der Waals surface area contributed by atoms with Gasteiger partial charge in [-0.05, 0) is 42.0 Å². The van der Waals surface area contributed by atoms with Gasteiger partial charge < -0.3 is 10.6 Å². The highest BCUT2D eigenvalue weighted by Crippen LogP contribution is 2.18. The molecular formula is C21H17BrN2O2. The van der Waals surface area contributed by atoms with Crippen LogP contribution in [0.3, 0.4) is 0 Å². The van der Waals surface area contributed by atoms with Gasteiger partial charge in [-0.3, -0.25) is 9.59 Å². The number of nitrogens with one attached hydrogen (secondary N) is 2. The highest BCUT2D eigenvalue weighted by molar-refractivity contribution is 9.10. The van der Waals surface area contributed by atoms with Crippen LogP contribution in [0.15, 0.2) is 83.3 Å². The minimum absolute atomic E-state index is 0.105. The first kappa shape index (κ1) is 17.9. The summed E-state index contributed by atoms with van der Waals surface area (Å²) in [6, 6.07) is 23.8. The van der Waals surface area contributed by atoms with Gasteiger partial charge in [0.2, 0.25) is 5.91 Å². The number of carbonyl (C=O) groups excluding carboxylic acids is 2. The van der Waals surface area contributed by atoms with Crippen LogP contribution < -0.4 is 10.6 Å². The number of rotatable bonds is 5. The van der Waals surface area contributed by atoms with Crippen LogP contribution in [0.5, 0.6) is 0 Å². The second-order valence-corrected chi connectivity index (χ2v) is 6.67. The molecule has 130 valence electrons. The molecule has 0 atom stereocenters. The molecule has 3 rings (SSSR count). The van der Waals surface area contributed by atoms with E-state index in [4.69, 9.17) is 0 Å². The summed E-state index contributed by atoms with van der Waals surface area (Å²) in [5, 5.41) is 5.69. The fourth-order valence-electron chi connectivity index (χ4n) is 2.49.